The Morgan fingerprint density at radius 3 is 2.64 bits per heavy atom. The Hall–Kier alpha value is -2.11. The van der Waals surface area contributed by atoms with Gasteiger partial charge in [0.2, 0.25) is 5.91 Å². The van der Waals surface area contributed by atoms with Gasteiger partial charge in [-0.05, 0) is 31.9 Å². The number of hydrogen-bond acceptors (Lipinski definition) is 4. The van der Waals surface area contributed by atoms with E-state index in [2.05, 4.69) is 5.32 Å². The van der Waals surface area contributed by atoms with Crippen molar-refractivity contribution in [3.63, 3.8) is 0 Å². The summed E-state index contributed by atoms with van der Waals surface area (Å²) in [6.07, 6.45) is 1.28. The van der Waals surface area contributed by atoms with Crippen molar-refractivity contribution in [3.8, 4) is 0 Å². The van der Waals surface area contributed by atoms with Crippen LogP contribution >= 0.6 is 0 Å². The van der Waals surface area contributed by atoms with Crippen molar-refractivity contribution in [3.05, 3.63) is 30.1 Å². The van der Waals surface area contributed by atoms with Gasteiger partial charge in [-0.1, -0.05) is 12.1 Å². The summed E-state index contributed by atoms with van der Waals surface area (Å²) in [5.41, 5.74) is 0.577. The van der Waals surface area contributed by atoms with E-state index >= 15 is 0 Å². The summed E-state index contributed by atoms with van der Waals surface area (Å²) in [6, 6.07) is 6.65. The smallest absolute Gasteiger partial charge is 0.325 e. The fourth-order valence-electron chi connectivity index (χ4n) is 2.61. The summed E-state index contributed by atoms with van der Waals surface area (Å²) < 4.78 is 18.5. The number of anilines is 1. The molecule has 0 bridgehead atoms. The van der Waals surface area contributed by atoms with E-state index in [-0.39, 0.29) is 24.2 Å². The number of para-hydroxylation sites is 1. The highest BCUT2D eigenvalue weighted by molar-refractivity contribution is 5.83. The molecule has 120 valence electrons. The molecular weight excluding hydrogens is 287 g/mol. The monoisotopic (exact) mass is 308 g/mol. The maximum absolute atomic E-state index is 13.7. The first-order valence-electron chi connectivity index (χ1n) is 7.54. The van der Waals surface area contributed by atoms with E-state index in [1.807, 2.05) is 4.90 Å². The number of amides is 1. The van der Waals surface area contributed by atoms with Gasteiger partial charge in [0.25, 0.3) is 0 Å². The van der Waals surface area contributed by atoms with Gasteiger partial charge >= 0.3 is 5.97 Å². The number of esters is 1. The molecule has 0 radical (unpaired) electrons. The quantitative estimate of drug-likeness (QED) is 0.842. The molecule has 2 rings (SSSR count). The lowest BCUT2D eigenvalue weighted by molar-refractivity contribution is -0.143. The van der Waals surface area contributed by atoms with E-state index in [4.69, 9.17) is 4.74 Å². The number of rotatable bonds is 5. The van der Waals surface area contributed by atoms with Crippen LogP contribution in [0.3, 0.4) is 0 Å². The van der Waals surface area contributed by atoms with Crippen molar-refractivity contribution in [2.45, 2.75) is 19.8 Å². The molecule has 1 N–H and O–H groups in total. The third kappa shape index (κ3) is 4.19. The number of nitrogens with zero attached hydrogens (tertiary/aromatic N) is 1. The van der Waals surface area contributed by atoms with Crippen LogP contribution in [0.1, 0.15) is 19.8 Å². The molecule has 0 aromatic heterocycles. The van der Waals surface area contributed by atoms with Crippen LogP contribution in [0.25, 0.3) is 0 Å². The highest BCUT2D eigenvalue weighted by atomic mass is 19.1. The molecule has 0 saturated carbocycles. The Kier molecular flexibility index (Phi) is 5.75. The van der Waals surface area contributed by atoms with Crippen LogP contribution in [0.2, 0.25) is 0 Å². The van der Waals surface area contributed by atoms with Gasteiger partial charge in [-0.2, -0.15) is 0 Å². The minimum absolute atomic E-state index is 0.0970. The number of halogens is 1. The second-order valence-electron chi connectivity index (χ2n) is 5.24. The van der Waals surface area contributed by atoms with Crippen molar-refractivity contribution in [2.24, 2.45) is 5.92 Å². The van der Waals surface area contributed by atoms with E-state index < -0.39 is 5.97 Å². The minimum Gasteiger partial charge on any atom is -0.465 e. The topological polar surface area (TPSA) is 58.6 Å². The molecule has 1 aliphatic heterocycles. The second-order valence-corrected chi connectivity index (χ2v) is 5.24. The molecule has 1 aliphatic rings. The molecule has 1 saturated heterocycles. The third-order valence-corrected chi connectivity index (χ3v) is 3.77. The summed E-state index contributed by atoms with van der Waals surface area (Å²) in [5.74, 6) is -0.953. The maximum Gasteiger partial charge on any atom is 0.325 e. The van der Waals surface area contributed by atoms with Gasteiger partial charge < -0.3 is 15.0 Å². The average molecular weight is 308 g/mol. The van der Waals surface area contributed by atoms with Crippen molar-refractivity contribution in [1.29, 1.82) is 0 Å². The summed E-state index contributed by atoms with van der Waals surface area (Å²) >= 11 is 0. The summed E-state index contributed by atoms with van der Waals surface area (Å²) in [6.45, 7) is 3.17. The van der Waals surface area contributed by atoms with Crippen LogP contribution in [0, 0.1) is 11.7 Å². The zero-order valence-corrected chi connectivity index (χ0v) is 12.7. The second kappa shape index (κ2) is 7.77. The van der Waals surface area contributed by atoms with Crippen LogP contribution in [0.4, 0.5) is 10.1 Å². The fraction of sp³-hybridized carbons (Fsp3) is 0.500. The largest absolute Gasteiger partial charge is 0.465 e. The van der Waals surface area contributed by atoms with Gasteiger partial charge in [0.1, 0.15) is 12.4 Å². The molecule has 1 fully saturated rings. The average Bonchev–Trinajstić information content (AvgIpc) is 2.53. The Balaban J connectivity index is 1.81. The number of nitrogens with one attached hydrogen (secondary N) is 1. The molecule has 0 atom stereocenters. The van der Waals surface area contributed by atoms with Crippen molar-refractivity contribution >= 4 is 17.6 Å². The predicted octanol–water partition coefficient (Wildman–Crippen LogP) is 1.72. The SMILES string of the molecule is CCOC(=O)CNC(=O)C1CCN(c2ccccc2F)CC1. The highest BCUT2D eigenvalue weighted by Crippen LogP contribution is 2.25. The van der Waals surface area contributed by atoms with Gasteiger partial charge in [0, 0.05) is 19.0 Å². The van der Waals surface area contributed by atoms with Crippen LogP contribution in [0.15, 0.2) is 24.3 Å². The first-order chi connectivity index (χ1) is 10.6. The molecule has 1 amide bonds. The first kappa shape index (κ1) is 16.3. The van der Waals surface area contributed by atoms with Gasteiger partial charge in [-0.3, -0.25) is 9.59 Å². The van der Waals surface area contributed by atoms with Gasteiger partial charge in [-0.25, -0.2) is 4.39 Å². The molecule has 1 aromatic carbocycles. The minimum atomic E-state index is -0.431. The van der Waals surface area contributed by atoms with E-state index in [1.165, 1.54) is 6.07 Å². The summed E-state index contributed by atoms with van der Waals surface area (Å²) in [7, 11) is 0. The first-order valence-corrected chi connectivity index (χ1v) is 7.54. The number of piperidine rings is 1. The Bertz CT molecular complexity index is 528. The molecular formula is C16H21FN2O3. The maximum atomic E-state index is 13.7. The molecule has 5 nitrogen and oxygen atoms in total. The number of carbonyl (C=O) groups excluding carboxylic acids is 2. The summed E-state index contributed by atoms with van der Waals surface area (Å²) in [4.78, 5) is 25.2. The molecule has 0 aliphatic carbocycles. The lowest BCUT2D eigenvalue weighted by Gasteiger charge is -2.33. The van der Waals surface area contributed by atoms with Gasteiger partial charge in [0.15, 0.2) is 0 Å². The molecule has 1 aromatic rings. The zero-order valence-electron chi connectivity index (χ0n) is 12.7. The van der Waals surface area contributed by atoms with Crippen LogP contribution in [-0.2, 0) is 14.3 Å². The molecule has 22 heavy (non-hydrogen) atoms. The molecule has 0 unspecified atom stereocenters. The van der Waals surface area contributed by atoms with Crippen molar-refractivity contribution in [2.75, 3.05) is 31.1 Å². The number of ether oxygens (including phenoxy) is 1. The number of carbonyl (C=O) groups is 2. The Labute approximate surface area is 129 Å². The molecule has 0 spiro atoms. The molecule has 1 heterocycles. The van der Waals surface area contributed by atoms with Gasteiger partial charge in [0.05, 0.1) is 12.3 Å². The van der Waals surface area contributed by atoms with Crippen LogP contribution in [0.5, 0.6) is 0 Å². The Morgan fingerprint density at radius 2 is 2.00 bits per heavy atom. The molecule has 6 heteroatoms. The van der Waals surface area contributed by atoms with E-state index in [0.717, 1.165) is 0 Å². The van der Waals surface area contributed by atoms with E-state index in [9.17, 15) is 14.0 Å². The van der Waals surface area contributed by atoms with E-state index in [0.29, 0.717) is 38.2 Å². The number of benzene rings is 1. The predicted molar refractivity (Wildman–Crippen MR) is 81.0 cm³/mol. The van der Waals surface area contributed by atoms with Crippen LogP contribution in [-0.4, -0.2) is 38.1 Å². The number of hydrogen-bond donors (Lipinski definition) is 1. The Morgan fingerprint density at radius 1 is 1.32 bits per heavy atom. The normalized spacial score (nSPS) is 15.5. The fourth-order valence-corrected chi connectivity index (χ4v) is 2.61. The van der Waals surface area contributed by atoms with E-state index in [1.54, 1.807) is 25.1 Å². The van der Waals surface area contributed by atoms with Crippen molar-refractivity contribution < 1.29 is 18.7 Å². The third-order valence-electron chi connectivity index (χ3n) is 3.77. The lowest BCUT2D eigenvalue weighted by Crippen LogP contribution is -2.42. The van der Waals surface area contributed by atoms with Crippen molar-refractivity contribution in [1.82, 2.24) is 5.32 Å². The zero-order chi connectivity index (χ0) is 15.9. The highest BCUT2D eigenvalue weighted by Gasteiger charge is 2.26. The standard InChI is InChI=1S/C16H21FN2O3/c1-2-22-15(20)11-18-16(21)12-7-9-19(10-8-12)14-6-4-3-5-13(14)17/h3-6,12H,2,7-11H2,1H3,(H,18,21). The lowest BCUT2D eigenvalue weighted by atomic mass is 9.95. The summed E-state index contributed by atoms with van der Waals surface area (Å²) in [5, 5.41) is 2.60. The van der Waals surface area contributed by atoms with Gasteiger partial charge in [-0.15, -0.1) is 0 Å². The van der Waals surface area contributed by atoms with Crippen LogP contribution < -0.4 is 10.2 Å².